The fourth-order valence-corrected chi connectivity index (χ4v) is 7.49. The number of hydrogen-bond acceptors (Lipinski definition) is 4. The first kappa shape index (κ1) is 26.9. The van der Waals surface area contributed by atoms with Gasteiger partial charge >= 0.3 is 0 Å². The third-order valence-electron chi connectivity index (χ3n) is 6.24. The summed E-state index contributed by atoms with van der Waals surface area (Å²) in [5, 5.41) is 3.46. The van der Waals surface area contributed by atoms with Crippen LogP contribution in [0.15, 0.2) is 137 Å². The third-order valence-corrected chi connectivity index (χ3v) is 10.4. The molecule has 0 saturated carbocycles. The summed E-state index contributed by atoms with van der Waals surface area (Å²) in [5.74, 6) is 0. The van der Waals surface area contributed by atoms with Crippen molar-refractivity contribution in [2.75, 3.05) is 0 Å². The Bertz CT molecular complexity index is 1680. The summed E-state index contributed by atoms with van der Waals surface area (Å²) in [4.78, 5) is -0.290. The third kappa shape index (κ3) is 6.17. The lowest BCUT2D eigenvalue weighted by molar-refractivity contribution is 0.481. The van der Waals surface area contributed by atoms with Gasteiger partial charge in [0.15, 0.2) is 0 Å². The fourth-order valence-electron chi connectivity index (χ4n) is 4.27. The average molecular weight is 575 g/mol. The highest BCUT2D eigenvalue weighted by Crippen LogP contribution is 2.34. The van der Waals surface area contributed by atoms with Crippen molar-refractivity contribution in [3.05, 3.63) is 127 Å². The van der Waals surface area contributed by atoms with E-state index in [2.05, 4.69) is 36.4 Å². The molecule has 39 heavy (non-hydrogen) atoms. The second kappa shape index (κ2) is 10.8. The van der Waals surface area contributed by atoms with Crippen molar-refractivity contribution in [2.24, 2.45) is 0 Å². The minimum absolute atomic E-state index is 0.145. The molecule has 9 heteroatoms. The van der Waals surface area contributed by atoms with Crippen LogP contribution in [0.25, 0.3) is 22.3 Å². The zero-order valence-electron chi connectivity index (χ0n) is 20.4. The van der Waals surface area contributed by atoms with Crippen LogP contribution in [-0.4, -0.2) is 25.9 Å². The Morgan fingerprint density at radius 3 is 0.974 bits per heavy atom. The van der Waals surface area contributed by atoms with Crippen molar-refractivity contribution >= 4 is 44.1 Å². The minimum Gasteiger partial charge on any atom is -0.282 e. The van der Waals surface area contributed by atoms with Crippen LogP contribution in [0.4, 0.5) is 0 Å². The maximum atomic E-state index is 11.3. The summed E-state index contributed by atoms with van der Waals surface area (Å²) < 4.78 is 63.8. The maximum absolute atomic E-state index is 11.3. The molecule has 5 rings (SSSR count). The molecule has 0 spiro atoms. The average Bonchev–Trinajstić information content (AvgIpc) is 2.94. The van der Waals surface area contributed by atoms with E-state index >= 15 is 0 Å². The molecule has 0 unspecified atom stereocenters. The molecule has 0 fully saturated rings. The van der Waals surface area contributed by atoms with E-state index in [-0.39, 0.29) is 9.79 Å². The molecule has 0 amide bonds. The van der Waals surface area contributed by atoms with E-state index in [4.69, 9.17) is 0 Å². The smallest absolute Gasteiger partial charge is 0.282 e. The summed E-state index contributed by atoms with van der Waals surface area (Å²) in [5.41, 5.74) is 3.52. The van der Waals surface area contributed by atoms with E-state index in [0.717, 1.165) is 32.9 Å². The maximum Gasteiger partial charge on any atom is 0.294 e. The van der Waals surface area contributed by atoms with Gasteiger partial charge in [0.2, 0.25) is 0 Å². The summed E-state index contributed by atoms with van der Waals surface area (Å²) in [6, 6.07) is 38.7. The van der Waals surface area contributed by atoms with Crippen LogP contribution in [0.3, 0.4) is 0 Å². The van der Waals surface area contributed by atoms with Gasteiger partial charge in [-0.05, 0) is 70.4 Å². The summed E-state index contributed by atoms with van der Waals surface area (Å²) in [6.07, 6.45) is 0. The molecule has 0 aliphatic carbocycles. The molecule has 5 aromatic carbocycles. The molecule has 6 nitrogen and oxygen atoms in total. The Morgan fingerprint density at radius 2 is 0.667 bits per heavy atom. The molecule has 5 aromatic rings. The summed E-state index contributed by atoms with van der Waals surface area (Å²) in [6.45, 7) is 0. The Labute approximate surface area is 228 Å². The van der Waals surface area contributed by atoms with Crippen LogP contribution in [0.1, 0.15) is 0 Å². The Balaban J connectivity index is 1.46. The first-order valence-electron chi connectivity index (χ1n) is 11.8. The number of hydrogen-bond donors (Lipinski definition) is 2. The lowest BCUT2D eigenvalue weighted by atomic mass is 10.1. The molecule has 196 valence electrons. The van der Waals surface area contributed by atoms with Crippen molar-refractivity contribution in [2.45, 2.75) is 9.79 Å². The Hall–Kier alpha value is -3.65. The van der Waals surface area contributed by atoms with Crippen molar-refractivity contribution in [1.29, 1.82) is 0 Å². The SMILES string of the molecule is O=S(=O)(O)c1ccc(-c2ccc(P(c3ccccc3)c3ccc(-c4ccc(S(=O)(=O)O)cc4)cc3)cc2)cc1. The van der Waals surface area contributed by atoms with E-state index in [1.54, 1.807) is 24.3 Å². The highest BCUT2D eigenvalue weighted by Gasteiger charge is 2.17. The van der Waals surface area contributed by atoms with E-state index in [9.17, 15) is 25.9 Å². The topological polar surface area (TPSA) is 109 Å². The van der Waals surface area contributed by atoms with Crippen LogP contribution < -0.4 is 15.9 Å². The molecule has 0 aliphatic heterocycles. The molecular formula is C30H23O6PS2. The second-order valence-corrected chi connectivity index (χ2v) is 13.8. The second-order valence-electron chi connectivity index (χ2n) is 8.76. The van der Waals surface area contributed by atoms with Gasteiger partial charge in [0.05, 0.1) is 9.79 Å². The molecule has 0 saturated heterocycles. The Kier molecular flexibility index (Phi) is 7.49. The van der Waals surface area contributed by atoms with Crippen molar-refractivity contribution < 1.29 is 25.9 Å². The summed E-state index contributed by atoms with van der Waals surface area (Å²) in [7, 11) is -9.36. The van der Waals surface area contributed by atoms with Crippen molar-refractivity contribution in [1.82, 2.24) is 0 Å². The molecule has 0 atom stereocenters. The molecule has 0 aliphatic rings. The van der Waals surface area contributed by atoms with Gasteiger partial charge in [0.25, 0.3) is 20.2 Å². The van der Waals surface area contributed by atoms with E-state index in [0.29, 0.717) is 0 Å². The highest BCUT2D eigenvalue weighted by molar-refractivity contribution is 7.86. The Morgan fingerprint density at radius 1 is 0.385 bits per heavy atom. The van der Waals surface area contributed by atoms with Gasteiger partial charge in [0.1, 0.15) is 0 Å². The lowest BCUT2D eigenvalue weighted by Gasteiger charge is -2.20. The predicted octanol–water partition coefficient (Wildman–Crippen LogP) is 5.27. The normalized spacial score (nSPS) is 12.0. The zero-order chi connectivity index (χ0) is 27.6. The largest absolute Gasteiger partial charge is 0.294 e. The van der Waals surface area contributed by atoms with Gasteiger partial charge in [-0.1, -0.05) is 103 Å². The quantitative estimate of drug-likeness (QED) is 0.203. The molecule has 0 radical (unpaired) electrons. The lowest BCUT2D eigenvalue weighted by Crippen LogP contribution is -2.20. The van der Waals surface area contributed by atoms with Gasteiger partial charge < -0.3 is 0 Å². The first-order valence-corrected chi connectivity index (χ1v) is 16.0. The number of benzene rings is 5. The standard InChI is InChI=1S/C30H23O6PS2/c31-38(32,33)29-18-10-24(11-19-29)22-6-14-27(15-7-22)37(26-4-2-1-3-5-26)28-16-8-23(9-17-28)25-12-20-30(21-13-25)39(34,35)36/h1-21H,(H,31,32,33)(H,34,35,36). The van der Waals surface area contributed by atoms with E-state index in [1.807, 2.05) is 42.5 Å². The van der Waals surface area contributed by atoms with Crippen LogP contribution in [0.5, 0.6) is 0 Å². The van der Waals surface area contributed by atoms with Gasteiger partial charge in [-0.25, -0.2) is 0 Å². The number of rotatable bonds is 7. The minimum atomic E-state index is -4.24. The van der Waals surface area contributed by atoms with Crippen LogP contribution in [-0.2, 0) is 20.2 Å². The molecule has 0 heterocycles. The van der Waals surface area contributed by atoms with E-state index in [1.165, 1.54) is 29.6 Å². The molecule has 0 bridgehead atoms. The highest BCUT2D eigenvalue weighted by atomic mass is 32.2. The first-order chi connectivity index (χ1) is 18.6. The van der Waals surface area contributed by atoms with E-state index < -0.39 is 28.2 Å². The van der Waals surface area contributed by atoms with Gasteiger partial charge in [-0.3, -0.25) is 9.11 Å². The zero-order valence-corrected chi connectivity index (χ0v) is 22.9. The van der Waals surface area contributed by atoms with Crippen LogP contribution in [0.2, 0.25) is 0 Å². The predicted molar refractivity (Wildman–Crippen MR) is 156 cm³/mol. The fraction of sp³-hybridized carbons (Fsp3) is 0. The van der Waals surface area contributed by atoms with Gasteiger partial charge in [-0.2, -0.15) is 16.8 Å². The molecule has 2 N–H and O–H groups in total. The molecular weight excluding hydrogens is 551 g/mol. The monoisotopic (exact) mass is 574 g/mol. The van der Waals surface area contributed by atoms with Gasteiger partial charge in [-0.15, -0.1) is 0 Å². The molecule has 0 aromatic heterocycles. The van der Waals surface area contributed by atoms with Crippen LogP contribution >= 0.6 is 7.92 Å². The van der Waals surface area contributed by atoms with Gasteiger partial charge in [0, 0.05) is 0 Å². The van der Waals surface area contributed by atoms with Crippen molar-refractivity contribution in [3.8, 4) is 22.3 Å². The summed E-state index contributed by atoms with van der Waals surface area (Å²) >= 11 is 0. The van der Waals surface area contributed by atoms with Crippen molar-refractivity contribution in [3.63, 3.8) is 0 Å². The van der Waals surface area contributed by atoms with Crippen LogP contribution in [0, 0.1) is 0 Å².